The van der Waals surface area contributed by atoms with Crippen LogP contribution in [0.5, 0.6) is 17.2 Å². The molecule has 0 saturated carbocycles. The number of carbonyl (C=O) groups is 4. The molecule has 13 heteroatoms. The van der Waals surface area contributed by atoms with Gasteiger partial charge in [-0.3, -0.25) is 19.8 Å². The molecule has 4 N–H and O–H groups in total. The van der Waals surface area contributed by atoms with E-state index in [0.29, 0.717) is 54.0 Å². The third kappa shape index (κ3) is 9.68. The van der Waals surface area contributed by atoms with Crippen LogP contribution in [-0.4, -0.2) is 79.4 Å². The molecule has 12 nitrogen and oxygen atoms in total. The molecule has 0 saturated heterocycles. The Labute approximate surface area is 274 Å². The van der Waals surface area contributed by atoms with Crippen molar-refractivity contribution in [2.45, 2.75) is 59.4 Å². The number of carboxylic acids is 1. The Morgan fingerprint density at radius 1 is 1.02 bits per heavy atom. The van der Waals surface area contributed by atoms with Crippen molar-refractivity contribution in [3.8, 4) is 17.2 Å². The highest BCUT2D eigenvalue weighted by molar-refractivity contribution is 8.93. The monoisotopic (exact) mass is 690 g/mol. The van der Waals surface area contributed by atoms with Crippen molar-refractivity contribution in [2.75, 3.05) is 40.0 Å². The molecular formula is C32H43BrN4O8. The number of amides is 2. The molecule has 246 valence electrons. The number of halogens is 1. The Morgan fingerprint density at radius 2 is 1.73 bits per heavy atom. The first kappa shape index (κ1) is 37.1. The third-order valence-electron chi connectivity index (χ3n) is 6.97. The van der Waals surface area contributed by atoms with Gasteiger partial charge in [-0.15, -0.1) is 17.0 Å². The second kappa shape index (κ2) is 16.3. The first-order chi connectivity index (χ1) is 20.8. The average molecular weight is 692 g/mol. The van der Waals surface area contributed by atoms with Gasteiger partial charge >= 0.3 is 5.97 Å². The van der Waals surface area contributed by atoms with Crippen molar-refractivity contribution >= 4 is 46.4 Å². The number of carbonyl (C=O) groups excluding carboxylic acids is 3. The van der Waals surface area contributed by atoms with Crippen molar-refractivity contribution in [1.82, 2.24) is 15.5 Å². The van der Waals surface area contributed by atoms with Gasteiger partial charge in [-0.25, -0.2) is 4.79 Å². The van der Waals surface area contributed by atoms with Gasteiger partial charge in [0.2, 0.25) is 5.91 Å². The van der Waals surface area contributed by atoms with Gasteiger partial charge in [-0.2, -0.15) is 0 Å². The van der Waals surface area contributed by atoms with Gasteiger partial charge in [-0.05, 0) is 55.0 Å². The fraction of sp³-hybridized carbons (Fsp3) is 0.469. The number of fused-ring (bicyclic) bond motifs is 1. The highest BCUT2D eigenvalue weighted by Gasteiger charge is 2.31. The van der Waals surface area contributed by atoms with Crippen LogP contribution in [0.4, 0.5) is 0 Å². The van der Waals surface area contributed by atoms with Crippen LogP contribution in [0.3, 0.4) is 0 Å². The van der Waals surface area contributed by atoms with Crippen molar-refractivity contribution in [2.24, 2.45) is 0 Å². The molecule has 3 rings (SSSR count). The summed E-state index contributed by atoms with van der Waals surface area (Å²) in [6.45, 7) is 9.75. The second-order valence-corrected chi connectivity index (χ2v) is 11.5. The fourth-order valence-electron chi connectivity index (χ4n) is 4.80. The molecule has 2 amide bonds. The Kier molecular flexibility index (Phi) is 13.4. The molecule has 0 bridgehead atoms. The van der Waals surface area contributed by atoms with E-state index >= 15 is 0 Å². The van der Waals surface area contributed by atoms with E-state index in [2.05, 4.69) is 10.6 Å². The maximum Gasteiger partial charge on any atom is 0.341 e. The van der Waals surface area contributed by atoms with Crippen molar-refractivity contribution < 1.29 is 38.5 Å². The minimum Gasteiger partial charge on any atom is -0.493 e. The van der Waals surface area contributed by atoms with Gasteiger partial charge in [0.05, 0.1) is 25.3 Å². The van der Waals surface area contributed by atoms with Crippen LogP contribution in [0.15, 0.2) is 24.3 Å². The standard InChI is InChI=1S/C32H42N4O8.BrH/c1-7-42-26-14-21-16-36(30(33)22(21)15-23(26)31(41)34-6)17-25(38)20-12-24(32(3,4)5)29(44-18-28(39)40)27(13-20)43-11-9-8-10-35-19(2)37;/h12-15,33H,7-11,16-18H2,1-6H3,(H,34,41)(H,35,37)(H,39,40);1H. The number of rotatable bonds is 15. The van der Waals surface area contributed by atoms with Gasteiger partial charge in [0.1, 0.15) is 11.6 Å². The van der Waals surface area contributed by atoms with Crippen molar-refractivity contribution in [3.63, 3.8) is 0 Å². The zero-order valence-corrected chi connectivity index (χ0v) is 28.3. The second-order valence-electron chi connectivity index (χ2n) is 11.5. The first-order valence-electron chi connectivity index (χ1n) is 14.6. The minimum absolute atomic E-state index is 0. The molecule has 1 aliphatic heterocycles. The number of unbranched alkanes of at least 4 members (excludes halogenated alkanes) is 1. The third-order valence-corrected chi connectivity index (χ3v) is 6.97. The molecule has 0 radical (unpaired) electrons. The minimum atomic E-state index is -1.15. The molecular weight excluding hydrogens is 648 g/mol. The van der Waals surface area contributed by atoms with Crippen LogP contribution in [0.1, 0.15) is 84.9 Å². The highest BCUT2D eigenvalue weighted by atomic mass is 79.9. The lowest BCUT2D eigenvalue weighted by atomic mass is 9.84. The number of benzene rings is 2. The number of nitrogens with one attached hydrogen (secondary N) is 3. The van der Waals surface area contributed by atoms with E-state index in [-0.39, 0.29) is 71.6 Å². The molecule has 2 aromatic rings. The van der Waals surface area contributed by atoms with Gasteiger partial charge < -0.3 is 34.9 Å². The zero-order valence-electron chi connectivity index (χ0n) is 26.6. The average Bonchev–Trinajstić information content (AvgIpc) is 3.25. The molecule has 0 atom stereocenters. The number of ether oxygens (including phenoxy) is 3. The topological polar surface area (TPSA) is 167 Å². The molecule has 1 aliphatic rings. The van der Waals surface area contributed by atoms with Crippen LogP contribution < -0.4 is 24.8 Å². The molecule has 0 spiro atoms. The van der Waals surface area contributed by atoms with Gasteiger partial charge in [0, 0.05) is 43.8 Å². The van der Waals surface area contributed by atoms with Gasteiger partial charge in [-0.1, -0.05) is 20.8 Å². The van der Waals surface area contributed by atoms with Crippen LogP contribution in [-0.2, 0) is 21.5 Å². The van der Waals surface area contributed by atoms with Crippen LogP contribution >= 0.6 is 17.0 Å². The summed E-state index contributed by atoms with van der Waals surface area (Å²) >= 11 is 0. The summed E-state index contributed by atoms with van der Waals surface area (Å²) in [7, 11) is 1.52. The number of carboxylic acid groups (broad SMARTS) is 1. The molecule has 1 heterocycles. The number of hydrogen-bond acceptors (Lipinski definition) is 8. The lowest BCUT2D eigenvalue weighted by Gasteiger charge is -2.26. The predicted molar refractivity (Wildman–Crippen MR) is 175 cm³/mol. The molecule has 45 heavy (non-hydrogen) atoms. The predicted octanol–water partition coefficient (Wildman–Crippen LogP) is 4.10. The van der Waals surface area contributed by atoms with E-state index in [1.54, 1.807) is 29.2 Å². The summed E-state index contributed by atoms with van der Waals surface area (Å²) in [5, 5.41) is 23.4. The summed E-state index contributed by atoms with van der Waals surface area (Å²) in [5.41, 5.74) is 2.04. The van der Waals surface area contributed by atoms with Crippen LogP contribution in [0.25, 0.3) is 0 Å². The highest BCUT2D eigenvalue weighted by Crippen LogP contribution is 2.40. The molecule has 2 aromatic carbocycles. The number of nitrogens with zero attached hydrogens (tertiary/aromatic N) is 1. The quantitative estimate of drug-likeness (QED) is 0.159. The number of hydrogen-bond donors (Lipinski definition) is 4. The maximum absolute atomic E-state index is 13.7. The van der Waals surface area contributed by atoms with Gasteiger partial charge in [0.15, 0.2) is 23.9 Å². The van der Waals surface area contributed by atoms with Crippen LogP contribution in [0, 0.1) is 5.41 Å². The van der Waals surface area contributed by atoms with E-state index in [9.17, 15) is 24.3 Å². The van der Waals surface area contributed by atoms with Crippen molar-refractivity contribution in [1.29, 1.82) is 5.41 Å². The first-order valence-corrected chi connectivity index (χ1v) is 14.6. The lowest BCUT2D eigenvalue weighted by molar-refractivity contribution is -0.139. The zero-order chi connectivity index (χ0) is 32.6. The largest absolute Gasteiger partial charge is 0.493 e. The normalized spacial score (nSPS) is 12.1. The fourth-order valence-corrected chi connectivity index (χ4v) is 4.80. The smallest absolute Gasteiger partial charge is 0.341 e. The lowest BCUT2D eigenvalue weighted by Crippen LogP contribution is -2.30. The van der Waals surface area contributed by atoms with Gasteiger partial charge in [0.25, 0.3) is 5.91 Å². The Morgan fingerprint density at radius 3 is 2.33 bits per heavy atom. The number of aliphatic carboxylic acids is 1. The summed E-state index contributed by atoms with van der Waals surface area (Å²) in [6, 6.07) is 6.60. The molecule has 0 aromatic heterocycles. The van der Waals surface area contributed by atoms with E-state index in [4.69, 9.17) is 19.6 Å². The summed E-state index contributed by atoms with van der Waals surface area (Å²) < 4.78 is 17.4. The Hall–Kier alpha value is -4.13. The Balaban J connectivity index is 0.00000705. The summed E-state index contributed by atoms with van der Waals surface area (Å²) in [6.07, 6.45) is 1.27. The molecule has 0 unspecified atom stereocenters. The Bertz CT molecular complexity index is 1440. The SMILES string of the molecule is Br.CCOc1cc2c(cc1C(=O)NC)C(=N)N(CC(=O)c1cc(OCCCCNC(C)=O)c(OCC(=O)O)c(C(C)(C)C)c1)C2. The number of ketones is 1. The van der Waals surface area contributed by atoms with E-state index in [0.717, 1.165) is 5.56 Å². The van der Waals surface area contributed by atoms with Crippen molar-refractivity contribution in [3.05, 3.63) is 52.1 Å². The van der Waals surface area contributed by atoms with E-state index in [1.807, 2.05) is 27.7 Å². The summed E-state index contributed by atoms with van der Waals surface area (Å²) in [5.74, 6) is -0.835. The molecule has 0 aliphatic carbocycles. The summed E-state index contributed by atoms with van der Waals surface area (Å²) in [4.78, 5) is 50.3. The van der Waals surface area contributed by atoms with E-state index < -0.39 is 18.0 Å². The molecule has 0 fully saturated rings. The number of Topliss-reactive ketones (excluding diaryl/α,β-unsaturated/α-hetero) is 1. The number of amidine groups is 1. The van der Waals surface area contributed by atoms with E-state index in [1.165, 1.54) is 14.0 Å². The maximum atomic E-state index is 13.7. The van der Waals surface area contributed by atoms with Crippen LogP contribution in [0.2, 0.25) is 0 Å².